The number of nitrogens with two attached hydrogens (primary N) is 9. The molecule has 1 saturated heterocycles. The summed E-state index contributed by atoms with van der Waals surface area (Å²) in [6, 6.07) is -13.7. The number of likely N-dealkylation sites (tertiary alicyclic amines) is 1. The molecule has 35 nitrogen and oxygen atoms in total. The topological polar surface area (TPSA) is 619 Å². The van der Waals surface area contributed by atoms with Gasteiger partial charge in [-0.3, -0.25) is 62.9 Å². The van der Waals surface area contributed by atoms with Gasteiger partial charge in [0, 0.05) is 32.6 Å². The van der Waals surface area contributed by atoms with Gasteiger partial charge in [0.2, 0.25) is 53.2 Å². The normalized spacial score (nSPS) is 16.3. The van der Waals surface area contributed by atoms with Crippen molar-refractivity contribution in [2.24, 2.45) is 66.6 Å². The van der Waals surface area contributed by atoms with Gasteiger partial charge in [-0.25, -0.2) is 4.79 Å². The van der Waals surface area contributed by atoms with Gasteiger partial charge in [-0.1, -0.05) is 0 Å². The van der Waals surface area contributed by atoms with Gasteiger partial charge in [-0.05, 0) is 130 Å². The van der Waals surface area contributed by atoms with Crippen LogP contribution in [-0.4, -0.2) is 209 Å². The number of hydrogen-bond donors (Lipinski definition) is 20. The fourth-order valence-electron chi connectivity index (χ4n) is 8.50. The smallest absolute Gasteiger partial charge is 0.326 e. The van der Waals surface area contributed by atoms with Crippen LogP contribution in [0.25, 0.3) is 0 Å². The minimum absolute atomic E-state index is 0.00235. The number of rotatable bonds is 42. The number of aliphatic carboxylic acids is 2. The number of amides is 9. The van der Waals surface area contributed by atoms with E-state index in [0.717, 1.165) is 0 Å². The Labute approximate surface area is 493 Å². The van der Waals surface area contributed by atoms with Crippen molar-refractivity contribution in [2.75, 3.05) is 39.3 Å². The van der Waals surface area contributed by atoms with Gasteiger partial charge in [-0.15, -0.1) is 0 Å². The van der Waals surface area contributed by atoms with Crippen molar-refractivity contribution in [3.8, 4) is 0 Å². The van der Waals surface area contributed by atoms with Crippen LogP contribution in [0.2, 0.25) is 0 Å². The first kappa shape index (κ1) is 74.8. The Morgan fingerprint density at radius 3 is 1.21 bits per heavy atom. The van der Waals surface area contributed by atoms with Crippen molar-refractivity contribution < 1.29 is 68.1 Å². The van der Waals surface area contributed by atoms with Crippen LogP contribution < -0.4 is 94.1 Å². The molecule has 9 amide bonds. The monoisotopic (exact) mass is 1210 g/mol. The number of unbranched alkanes of at least 4 members (excludes halogenated alkanes) is 2. The Balaban J connectivity index is 3.39. The van der Waals surface area contributed by atoms with Crippen LogP contribution in [0.3, 0.4) is 0 Å². The Kier molecular flexibility index (Phi) is 35.3. The van der Waals surface area contributed by atoms with Crippen LogP contribution in [0.5, 0.6) is 0 Å². The highest BCUT2D eigenvalue weighted by molar-refractivity contribution is 5.98. The molecule has 0 aliphatic carbocycles. The number of carboxylic acids is 2. The van der Waals surface area contributed by atoms with Gasteiger partial charge >= 0.3 is 11.9 Å². The lowest BCUT2D eigenvalue weighted by Crippen LogP contribution is -2.60. The SMILES string of the molecule is C[C@H](NC(=O)[C@H](C)NC(=O)[C@H](CCCN=C(N)N)NC(=O)[C@H](CCC(=O)O)NC(=O)[C@H](CCCN=C(N)N)NC(=O)[C@@H]1CCCN1C(=O)[C@@H](N)[C@@H](C)O)C(=O)N[C@@H](CCCCN)C(=O)N[C@@H](CCCCN)C(=O)N[C@@H](CCCN=C(N)N)C(=O)O. The van der Waals surface area contributed by atoms with Crippen molar-refractivity contribution in [1.82, 2.24) is 47.4 Å². The number of carboxylic acid groups (broad SMARTS) is 2. The quantitative estimate of drug-likeness (QED) is 0.0153. The van der Waals surface area contributed by atoms with E-state index in [2.05, 4.69) is 57.5 Å². The number of aliphatic imine (C=N–C) groups is 3. The highest BCUT2D eigenvalue weighted by Gasteiger charge is 2.40. The molecule has 482 valence electrons. The molecule has 1 heterocycles. The summed E-state index contributed by atoms with van der Waals surface area (Å²) in [6.07, 6.45) is -0.188. The van der Waals surface area contributed by atoms with E-state index in [1.807, 2.05) is 0 Å². The van der Waals surface area contributed by atoms with Crippen LogP contribution in [0.15, 0.2) is 15.0 Å². The molecule has 35 heteroatoms. The number of hydrogen-bond acceptors (Lipinski definition) is 18. The molecular formula is C50H93N21O14. The predicted molar refractivity (Wildman–Crippen MR) is 311 cm³/mol. The highest BCUT2D eigenvalue weighted by Crippen LogP contribution is 2.20. The molecular weight excluding hydrogens is 1120 g/mol. The van der Waals surface area contributed by atoms with E-state index < -0.39 is 144 Å². The van der Waals surface area contributed by atoms with Gasteiger partial charge in [-0.2, -0.15) is 0 Å². The van der Waals surface area contributed by atoms with E-state index in [1.165, 1.54) is 25.7 Å². The second-order valence-corrected chi connectivity index (χ2v) is 20.5. The van der Waals surface area contributed by atoms with E-state index in [9.17, 15) is 68.1 Å². The van der Waals surface area contributed by atoms with Crippen molar-refractivity contribution in [1.29, 1.82) is 0 Å². The number of nitrogens with zero attached hydrogens (tertiary/aromatic N) is 4. The molecule has 1 aliphatic rings. The Hall–Kier alpha value is -8.18. The summed E-state index contributed by atoms with van der Waals surface area (Å²) < 4.78 is 0. The molecule has 1 fully saturated rings. The summed E-state index contributed by atoms with van der Waals surface area (Å²) in [4.78, 5) is 160. The molecule has 29 N–H and O–H groups in total. The first-order chi connectivity index (χ1) is 40.0. The molecule has 0 aromatic rings. The average Bonchev–Trinajstić information content (AvgIpc) is 3.95. The lowest BCUT2D eigenvalue weighted by atomic mass is 10.0. The molecule has 85 heavy (non-hydrogen) atoms. The minimum Gasteiger partial charge on any atom is -0.481 e. The average molecular weight is 1210 g/mol. The molecule has 1 aliphatic heterocycles. The second-order valence-electron chi connectivity index (χ2n) is 20.5. The second kappa shape index (κ2) is 40.1. The third kappa shape index (κ3) is 29.8. The summed E-state index contributed by atoms with van der Waals surface area (Å²) in [5, 5.41) is 49.5. The zero-order valence-electron chi connectivity index (χ0n) is 48.7. The van der Waals surface area contributed by atoms with E-state index in [1.54, 1.807) is 0 Å². The van der Waals surface area contributed by atoms with Crippen LogP contribution in [0, 0.1) is 0 Å². The highest BCUT2D eigenvalue weighted by atomic mass is 16.4. The van der Waals surface area contributed by atoms with E-state index >= 15 is 0 Å². The number of aliphatic hydroxyl groups excluding tert-OH is 1. The van der Waals surface area contributed by atoms with Crippen LogP contribution in [0.1, 0.15) is 124 Å². The van der Waals surface area contributed by atoms with E-state index in [4.69, 9.17) is 51.6 Å². The lowest BCUT2D eigenvalue weighted by molar-refractivity contribution is -0.142. The maximum Gasteiger partial charge on any atom is 0.326 e. The van der Waals surface area contributed by atoms with Gasteiger partial charge < -0.3 is 114 Å². The van der Waals surface area contributed by atoms with Crippen LogP contribution in [0.4, 0.5) is 0 Å². The van der Waals surface area contributed by atoms with Gasteiger partial charge in [0.15, 0.2) is 17.9 Å². The number of nitrogens with one attached hydrogen (secondary N) is 8. The fourth-order valence-corrected chi connectivity index (χ4v) is 8.50. The molecule has 0 bridgehead atoms. The minimum atomic E-state index is -1.66. The Morgan fingerprint density at radius 1 is 0.482 bits per heavy atom. The van der Waals surface area contributed by atoms with E-state index in [0.29, 0.717) is 32.1 Å². The Bertz CT molecular complexity index is 2310. The van der Waals surface area contributed by atoms with Crippen LogP contribution >= 0.6 is 0 Å². The molecule has 0 radical (unpaired) electrons. The summed E-state index contributed by atoms with van der Waals surface area (Å²) in [6.45, 7) is 4.55. The molecule has 0 saturated carbocycles. The summed E-state index contributed by atoms with van der Waals surface area (Å²) in [5.74, 6) is -11.3. The number of carbonyl (C=O) groups excluding carboxylic acids is 9. The fraction of sp³-hybridized carbons (Fsp3) is 0.720. The predicted octanol–water partition coefficient (Wildman–Crippen LogP) is -8.03. The first-order valence-electron chi connectivity index (χ1n) is 28.2. The van der Waals surface area contributed by atoms with Gasteiger partial charge in [0.05, 0.1) is 6.10 Å². The van der Waals surface area contributed by atoms with Gasteiger partial charge in [0.1, 0.15) is 60.4 Å². The molecule has 0 aromatic carbocycles. The first-order valence-corrected chi connectivity index (χ1v) is 28.2. The molecule has 11 atom stereocenters. The van der Waals surface area contributed by atoms with Crippen molar-refractivity contribution in [3.63, 3.8) is 0 Å². The standard InChI is InChI=1S/C50H93N21O14/c1-26(38(75)63-27(2)39(76)65-29(12-4-6-20-51)41(78)66-30(13-5-7-21-52)43(80)70-34(47(84)85)16-10-24-62-50(58)59)64-40(77)31(14-8-22-60-48(54)55)67-44(81)33(18-19-36(73)74)68-42(79)32(15-9-23-61-49(56)57)69-45(82)35-17-11-25-71(35)46(83)37(53)28(3)72/h26-35,37,72H,4-25,51-53H2,1-3H3,(H,63,75)(H,64,77)(H,65,76)(H,66,78)(H,67,81)(H,68,79)(H,69,82)(H,70,80)(H,73,74)(H,84,85)(H4,54,55,60)(H4,56,57,61)(H4,58,59,62)/t26-,27-,28+,29-,30-,31-,32-,33-,34-,35-,37-/m0/s1. The number of guanidine groups is 3. The largest absolute Gasteiger partial charge is 0.481 e. The maximum atomic E-state index is 14.1. The molecule has 1 rings (SSSR count). The van der Waals surface area contributed by atoms with E-state index in [-0.39, 0.29) is 115 Å². The molecule has 0 spiro atoms. The zero-order chi connectivity index (χ0) is 64.3. The third-order valence-corrected chi connectivity index (χ3v) is 13.3. The molecule has 0 aromatic heterocycles. The maximum absolute atomic E-state index is 14.1. The Morgan fingerprint density at radius 2 is 0.824 bits per heavy atom. The number of carbonyl (C=O) groups is 11. The van der Waals surface area contributed by atoms with Gasteiger partial charge in [0.25, 0.3) is 0 Å². The summed E-state index contributed by atoms with van der Waals surface area (Å²) >= 11 is 0. The molecule has 0 unspecified atom stereocenters. The lowest BCUT2D eigenvalue weighted by Gasteiger charge is -2.29. The van der Waals surface area contributed by atoms with Crippen molar-refractivity contribution in [3.05, 3.63) is 0 Å². The summed E-state index contributed by atoms with van der Waals surface area (Å²) in [5.41, 5.74) is 49.8. The van der Waals surface area contributed by atoms with Crippen LogP contribution in [-0.2, 0) is 52.7 Å². The third-order valence-electron chi connectivity index (χ3n) is 13.3. The number of aliphatic hydroxyl groups is 1. The summed E-state index contributed by atoms with van der Waals surface area (Å²) in [7, 11) is 0. The van der Waals surface area contributed by atoms with Crippen molar-refractivity contribution >= 4 is 83.0 Å². The zero-order valence-corrected chi connectivity index (χ0v) is 48.7. The van der Waals surface area contributed by atoms with Crippen molar-refractivity contribution in [2.45, 2.75) is 190 Å².